The molecule has 3 nitrogen and oxygen atoms in total. The van der Waals surface area contributed by atoms with E-state index in [0.29, 0.717) is 6.61 Å². The van der Waals surface area contributed by atoms with E-state index in [9.17, 15) is 0 Å². The van der Waals surface area contributed by atoms with Crippen LogP contribution >= 0.6 is 27.3 Å². The number of rotatable bonds is 7. The van der Waals surface area contributed by atoms with Crippen molar-refractivity contribution in [1.82, 2.24) is 5.32 Å². The minimum absolute atomic E-state index is 0.147. The SMILES string of the molecule is CCNC(c1cc(OC)cs1)c1ccc(OCC)cc1Br. The number of nitrogens with one attached hydrogen (secondary N) is 1. The van der Waals surface area contributed by atoms with E-state index in [2.05, 4.69) is 40.3 Å². The Labute approximate surface area is 138 Å². The fourth-order valence-electron chi connectivity index (χ4n) is 2.16. The van der Waals surface area contributed by atoms with E-state index in [-0.39, 0.29) is 6.04 Å². The maximum Gasteiger partial charge on any atom is 0.129 e. The average Bonchev–Trinajstić information content (AvgIpc) is 2.95. The molecule has 5 heteroatoms. The van der Waals surface area contributed by atoms with Gasteiger partial charge in [0, 0.05) is 14.7 Å². The predicted molar refractivity (Wildman–Crippen MR) is 91.7 cm³/mol. The van der Waals surface area contributed by atoms with Crippen LogP contribution in [-0.2, 0) is 0 Å². The lowest BCUT2D eigenvalue weighted by molar-refractivity contribution is 0.340. The molecule has 1 atom stereocenters. The summed E-state index contributed by atoms with van der Waals surface area (Å²) in [7, 11) is 1.70. The lowest BCUT2D eigenvalue weighted by Crippen LogP contribution is -2.21. The van der Waals surface area contributed by atoms with E-state index in [1.165, 1.54) is 10.4 Å². The van der Waals surface area contributed by atoms with Crippen LogP contribution in [0.25, 0.3) is 0 Å². The minimum atomic E-state index is 0.147. The molecular formula is C16H20BrNO2S. The maximum absolute atomic E-state index is 5.54. The van der Waals surface area contributed by atoms with Crippen molar-refractivity contribution >= 4 is 27.3 Å². The van der Waals surface area contributed by atoms with Crippen LogP contribution in [0.5, 0.6) is 11.5 Å². The predicted octanol–water partition coefficient (Wildman–Crippen LogP) is 4.62. The number of benzene rings is 1. The minimum Gasteiger partial charge on any atom is -0.496 e. The number of thiophene rings is 1. The molecule has 1 aromatic carbocycles. The van der Waals surface area contributed by atoms with Gasteiger partial charge >= 0.3 is 0 Å². The Hall–Kier alpha value is -1.04. The van der Waals surface area contributed by atoms with Crippen LogP contribution in [0.4, 0.5) is 0 Å². The summed E-state index contributed by atoms with van der Waals surface area (Å²) in [5.74, 6) is 1.78. The zero-order valence-corrected chi connectivity index (χ0v) is 14.9. The Kier molecular flexibility index (Phi) is 6.08. The zero-order valence-electron chi connectivity index (χ0n) is 12.5. The third-order valence-corrected chi connectivity index (χ3v) is 4.78. The molecule has 0 saturated carbocycles. The Morgan fingerprint density at radius 3 is 2.62 bits per heavy atom. The van der Waals surface area contributed by atoms with Gasteiger partial charge in [0.1, 0.15) is 11.5 Å². The third kappa shape index (κ3) is 3.99. The van der Waals surface area contributed by atoms with Gasteiger partial charge in [-0.3, -0.25) is 0 Å². The van der Waals surface area contributed by atoms with Gasteiger partial charge in [-0.15, -0.1) is 11.3 Å². The molecule has 0 radical (unpaired) electrons. The van der Waals surface area contributed by atoms with Crippen molar-refractivity contribution in [2.75, 3.05) is 20.3 Å². The van der Waals surface area contributed by atoms with Gasteiger partial charge in [0.25, 0.3) is 0 Å². The molecule has 114 valence electrons. The Morgan fingerprint density at radius 2 is 2.05 bits per heavy atom. The highest BCUT2D eigenvalue weighted by atomic mass is 79.9. The van der Waals surface area contributed by atoms with Crippen LogP contribution in [0.15, 0.2) is 34.1 Å². The van der Waals surface area contributed by atoms with Crippen molar-refractivity contribution in [1.29, 1.82) is 0 Å². The second kappa shape index (κ2) is 7.82. The van der Waals surface area contributed by atoms with E-state index in [1.54, 1.807) is 18.4 Å². The molecule has 2 aromatic rings. The first-order chi connectivity index (χ1) is 10.2. The molecule has 1 heterocycles. The molecular weight excluding hydrogens is 350 g/mol. The van der Waals surface area contributed by atoms with Crippen molar-refractivity contribution in [3.63, 3.8) is 0 Å². The van der Waals surface area contributed by atoms with Gasteiger partial charge < -0.3 is 14.8 Å². The molecule has 1 N–H and O–H groups in total. The Morgan fingerprint density at radius 1 is 1.24 bits per heavy atom. The monoisotopic (exact) mass is 369 g/mol. The summed E-state index contributed by atoms with van der Waals surface area (Å²) in [6.45, 7) is 5.66. The summed E-state index contributed by atoms with van der Waals surface area (Å²) < 4.78 is 11.9. The van der Waals surface area contributed by atoms with Gasteiger partial charge in [-0.1, -0.05) is 28.9 Å². The molecule has 0 fully saturated rings. The lowest BCUT2D eigenvalue weighted by atomic mass is 10.0. The van der Waals surface area contributed by atoms with E-state index < -0.39 is 0 Å². The van der Waals surface area contributed by atoms with Gasteiger partial charge in [0.05, 0.1) is 19.8 Å². The first-order valence-corrected chi connectivity index (χ1v) is 8.64. The number of hydrogen-bond donors (Lipinski definition) is 1. The van der Waals surface area contributed by atoms with Crippen molar-refractivity contribution in [3.05, 3.63) is 44.6 Å². The maximum atomic E-state index is 5.54. The number of ether oxygens (including phenoxy) is 2. The van der Waals surface area contributed by atoms with Crippen LogP contribution in [0.3, 0.4) is 0 Å². The normalized spacial score (nSPS) is 12.2. The van der Waals surface area contributed by atoms with Crippen LogP contribution in [-0.4, -0.2) is 20.3 Å². The molecule has 1 unspecified atom stereocenters. The second-order valence-corrected chi connectivity index (χ2v) is 6.29. The average molecular weight is 370 g/mol. The molecule has 0 aliphatic rings. The van der Waals surface area contributed by atoms with E-state index in [4.69, 9.17) is 9.47 Å². The van der Waals surface area contributed by atoms with Gasteiger partial charge in [0.2, 0.25) is 0 Å². The Balaban J connectivity index is 2.33. The fraction of sp³-hybridized carbons (Fsp3) is 0.375. The zero-order chi connectivity index (χ0) is 15.2. The highest BCUT2D eigenvalue weighted by Gasteiger charge is 2.18. The fourth-order valence-corrected chi connectivity index (χ4v) is 3.69. The van der Waals surface area contributed by atoms with Crippen molar-refractivity contribution in [2.24, 2.45) is 0 Å². The molecule has 0 aliphatic carbocycles. The first kappa shape index (κ1) is 16.3. The van der Waals surface area contributed by atoms with E-state index in [1.807, 2.05) is 24.4 Å². The molecule has 0 saturated heterocycles. The highest BCUT2D eigenvalue weighted by Crippen LogP contribution is 2.35. The van der Waals surface area contributed by atoms with Crippen LogP contribution < -0.4 is 14.8 Å². The topological polar surface area (TPSA) is 30.5 Å². The molecule has 0 spiro atoms. The number of halogens is 1. The molecule has 0 bridgehead atoms. The van der Waals surface area contributed by atoms with Crippen LogP contribution in [0, 0.1) is 0 Å². The van der Waals surface area contributed by atoms with Gasteiger partial charge in [0.15, 0.2) is 0 Å². The summed E-state index contributed by atoms with van der Waals surface area (Å²) in [6, 6.07) is 8.37. The summed E-state index contributed by atoms with van der Waals surface area (Å²) >= 11 is 5.36. The van der Waals surface area contributed by atoms with Crippen molar-refractivity contribution < 1.29 is 9.47 Å². The number of methoxy groups -OCH3 is 1. The number of hydrogen-bond acceptors (Lipinski definition) is 4. The molecule has 0 aliphatic heterocycles. The Bertz CT molecular complexity index is 585. The lowest BCUT2D eigenvalue weighted by Gasteiger charge is -2.19. The molecule has 0 amide bonds. The molecule has 1 aromatic heterocycles. The summed E-state index contributed by atoms with van der Waals surface area (Å²) in [5.41, 5.74) is 1.20. The second-order valence-electron chi connectivity index (χ2n) is 4.50. The van der Waals surface area contributed by atoms with Crippen LogP contribution in [0.2, 0.25) is 0 Å². The third-order valence-electron chi connectivity index (χ3n) is 3.12. The van der Waals surface area contributed by atoms with E-state index >= 15 is 0 Å². The highest BCUT2D eigenvalue weighted by molar-refractivity contribution is 9.10. The van der Waals surface area contributed by atoms with Gasteiger partial charge in [-0.2, -0.15) is 0 Å². The largest absolute Gasteiger partial charge is 0.496 e. The molecule has 21 heavy (non-hydrogen) atoms. The van der Waals surface area contributed by atoms with Crippen molar-refractivity contribution in [2.45, 2.75) is 19.9 Å². The van der Waals surface area contributed by atoms with E-state index in [0.717, 1.165) is 22.5 Å². The smallest absolute Gasteiger partial charge is 0.129 e. The standard InChI is InChI=1S/C16H20BrNO2S/c1-4-18-16(15-9-12(19-3)10-21-15)13-7-6-11(20-5-2)8-14(13)17/h6-10,16,18H,4-5H2,1-3H3. The summed E-state index contributed by atoms with van der Waals surface area (Å²) in [5, 5.41) is 5.56. The van der Waals surface area contributed by atoms with Crippen LogP contribution in [0.1, 0.15) is 30.3 Å². The summed E-state index contributed by atoms with van der Waals surface area (Å²) in [4.78, 5) is 1.23. The quantitative estimate of drug-likeness (QED) is 0.772. The van der Waals surface area contributed by atoms with Gasteiger partial charge in [-0.05, 0) is 37.2 Å². The van der Waals surface area contributed by atoms with Gasteiger partial charge in [-0.25, -0.2) is 0 Å². The first-order valence-electron chi connectivity index (χ1n) is 6.97. The van der Waals surface area contributed by atoms with Crippen molar-refractivity contribution in [3.8, 4) is 11.5 Å². The molecule has 2 rings (SSSR count). The summed E-state index contributed by atoms with van der Waals surface area (Å²) in [6.07, 6.45) is 0.